The summed E-state index contributed by atoms with van der Waals surface area (Å²) < 4.78 is 37.8. The van der Waals surface area contributed by atoms with E-state index in [1.54, 1.807) is 0 Å². The van der Waals surface area contributed by atoms with E-state index in [1.165, 1.54) is 26.4 Å². The number of carbonyl (C=O) groups is 1. The number of nitrogens with two attached hydrogens (primary N) is 1. The van der Waals surface area contributed by atoms with Gasteiger partial charge < -0.3 is 20.3 Å². The molecule has 21 heavy (non-hydrogen) atoms. The highest BCUT2D eigenvalue weighted by Gasteiger charge is 2.19. The van der Waals surface area contributed by atoms with E-state index < -0.39 is 16.2 Å². The smallest absolute Gasteiger partial charge is 0.337 e. The molecule has 0 heterocycles. The number of benzene rings is 1. The molecule has 0 unspecified atom stereocenters. The Kier molecular flexibility index (Phi) is 5.76. The maximum Gasteiger partial charge on any atom is 0.337 e. The van der Waals surface area contributed by atoms with Crippen LogP contribution >= 0.6 is 0 Å². The Labute approximate surface area is 122 Å². The van der Waals surface area contributed by atoms with Crippen molar-refractivity contribution in [3.05, 3.63) is 17.7 Å². The highest BCUT2D eigenvalue weighted by atomic mass is 32.2. The number of aromatic carboxylic acids is 1. The second kappa shape index (κ2) is 7.11. The van der Waals surface area contributed by atoms with Crippen LogP contribution in [-0.2, 0) is 10.2 Å². The number of carboxylic acids is 1. The SMILES string of the molecule is COc1cc(NS(=O)(=O)NCCN)c(C(=O)O)cc1OC. The summed E-state index contributed by atoms with van der Waals surface area (Å²) in [5, 5.41) is 9.15. The van der Waals surface area contributed by atoms with Crippen molar-refractivity contribution in [1.82, 2.24) is 4.72 Å². The summed E-state index contributed by atoms with van der Waals surface area (Å²) in [5.41, 5.74) is 4.78. The Morgan fingerprint density at radius 3 is 2.33 bits per heavy atom. The number of ether oxygens (including phenoxy) is 2. The summed E-state index contributed by atoms with van der Waals surface area (Å²) in [7, 11) is -1.24. The van der Waals surface area contributed by atoms with E-state index in [-0.39, 0.29) is 35.8 Å². The Morgan fingerprint density at radius 1 is 1.29 bits per heavy atom. The molecule has 0 radical (unpaired) electrons. The molecule has 1 aromatic rings. The van der Waals surface area contributed by atoms with Gasteiger partial charge in [-0.15, -0.1) is 0 Å². The summed E-state index contributed by atoms with van der Waals surface area (Å²) in [6.45, 7) is 0.129. The lowest BCUT2D eigenvalue weighted by Crippen LogP contribution is -2.34. The fraction of sp³-hybridized carbons (Fsp3) is 0.364. The average Bonchev–Trinajstić information content (AvgIpc) is 2.43. The van der Waals surface area contributed by atoms with Gasteiger partial charge in [-0.05, 0) is 0 Å². The third-order valence-electron chi connectivity index (χ3n) is 2.43. The number of rotatable bonds is 8. The summed E-state index contributed by atoms with van der Waals surface area (Å²) in [5.74, 6) is -0.945. The highest BCUT2D eigenvalue weighted by molar-refractivity contribution is 7.90. The van der Waals surface area contributed by atoms with Crippen LogP contribution in [0.4, 0.5) is 5.69 Å². The van der Waals surface area contributed by atoms with Gasteiger partial charge in [-0.2, -0.15) is 13.1 Å². The monoisotopic (exact) mass is 319 g/mol. The Bertz CT molecular complexity index is 617. The first-order chi connectivity index (χ1) is 9.84. The first-order valence-electron chi connectivity index (χ1n) is 5.81. The molecule has 0 fully saturated rings. The molecule has 0 spiro atoms. The predicted molar refractivity (Wildman–Crippen MR) is 76.1 cm³/mol. The van der Waals surface area contributed by atoms with Crippen molar-refractivity contribution in [3.63, 3.8) is 0 Å². The molecule has 0 bridgehead atoms. The van der Waals surface area contributed by atoms with Crippen LogP contribution in [0.3, 0.4) is 0 Å². The minimum absolute atomic E-state index is 0.0189. The lowest BCUT2D eigenvalue weighted by Gasteiger charge is -2.14. The van der Waals surface area contributed by atoms with Gasteiger partial charge in [0.05, 0.1) is 25.5 Å². The molecule has 0 aromatic heterocycles. The third-order valence-corrected chi connectivity index (χ3v) is 3.51. The van der Waals surface area contributed by atoms with Crippen LogP contribution in [0.2, 0.25) is 0 Å². The van der Waals surface area contributed by atoms with Crippen LogP contribution in [0.15, 0.2) is 12.1 Å². The number of hydrogen-bond donors (Lipinski definition) is 4. The van der Waals surface area contributed by atoms with E-state index in [0.29, 0.717) is 0 Å². The van der Waals surface area contributed by atoms with Crippen molar-refractivity contribution in [2.75, 3.05) is 32.0 Å². The molecule has 0 saturated heterocycles. The average molecular weight is 319 g/mol. The zero-order valence-electron chi connectivity index (χ0n) is 11.5. The van der Waals surface area contributed by atoms with Gasteiger partial charge >= 0.3 is 5.97 Å². The molecule has 10 heteroatoms. The van der Waals surface area contributed by atoms with Crippen molar-refractivity contribution >= 4 is 21.9 Å². The Morgan fingerprint density at radius 2 is 1.86 bits per heavy atom. The maximum atomic E-state index is 11.7. The van der Waals surface area contributed by atoms with E-state index in [1.807, 2.05) is 0 Å². The summed E-state index contributed by atoms with van der Waals surface area (Å²) >= 11 is 0. The van der Waals surface area contributed by atoms with E-state index in [4.69, 9.17) is 20.3 Å². The fourth-order valence-corrected chi connectivity index (χ4v) is 2.43. The van der Waals surface area contributed by atoms with Gasteiger partial charge in [0.25, 0.3) is 10.2 Å². The van der Waals surface area contributed by atoms with Crippen molar-refractivity contribution in [3.8, 4) is 11.5 Å². The molecule has 0 aliphatic rings. The number of anilines is 1. The van der Waals surface area contributed by atoms with Crippen molar-refractivity contribution in [1.29, 1.82) is 0 Å². The minimum atomic E-state index is -3.94. The maximum absolute atomic E-state index is 11.7. The molecular weight excluding hydrogens is 302 g/mol. The topological polar surface area (TPSA) is 140 Å². The summed E-state index contributed by atoms with van der Waals surface area (Å²) in [6, 6.07) is 2.39. The zero-order chi connectivity index (χ0) is 16.0. The molecule has 0 atom stereocenters. The molecule has 0 aliphatic carbocycles. The lowest BCUT2D eigenvalue weighted by molar-refractivity contribution is 0.0697. The second-order valence-corrected chi connectivity index (χ2v) is 5.35. The Hall–Kier alpha value is -2.04. The van der Waals surface area contributed by atoms with Gasteiger partial charge in [0.1, 0.15) is 0 Å². The Balaban J connectivity index is 3.24. The van der Waals surface area contributed by atoms with Crippen LogP contribution in [0, 0.1) is 0 Å². The summed E-state index contributed by atoms with van der Waals surface area (Å²) in [6.07, 6.45) is 0. The van der Waals surface area contributed by atoms with Gasteiger partial charge in [-0.1, -0.05) is 0 Å². The van der Waals surface area contributed by atoms with Crippen molar-refractivity contribution in [2.45, 2.75) is 0 Å². The van der Waals surface area contributed by atoms with Gasteiger partial charge in [0, 0.05) is 25.2 Å². The first-order valence-corrected chi connectivity index (χ1v) is 7.29. The molecule has 9 nitrogen and oxygen atoms in total. The molecule has 0 aliphatic heterocycles. The van der Waals surface area contributed by atoms with Gasteiger partial charge in [-0.25, -0.2) is 4.79 Å². The predicted octanol–water partition coefficient (Wildman–Crippen LogP) is -0.393. The number of nitrogens with one attached hydrogen (secondary N) is 2. The first kappa shape index (κ1) is 17.0. The molecule has 1 rings (SSSR count). The van der Waals surface area contributed by atoms with Crippen molar-refractivity contribution in [2.24, 2.45) is 5.73 Å². The van der Waals surface area contributed by atoms with E-state index in [0.717, 1.165) is 0 Å². The van der Waals surface area contributed by atoms with Gasteiger partial charge in [-0.3, -0.25) is 4.72 Å². The number of methoxy groups -OCH3 is 2. The normalized spacial score (nSPS) is 11.0. The molecule has 5 N–H and O–H groups in total. The van der Waals surface area contributed by atoms with Crippen molar-refractivity contribution < 1.29 is 27.8 Å². The minimum Gasteiger partial charge on any atom is -0.493 e. The molecular formula is C11H17N3O6S. The zero-order valence-corrected chi connectivity index (χ0v) is 12.4. The standard InChI is InChI=1S/C11H17N3O6S/c1-19-9-5-7(11(15)16)8(6-10(9)20-2)14-21(17,18)13-4-3-12/h5-6,13-14H,3-4,12H2,1-2H3,(H,15,16). The molecule has 118 valence electrons. The quantitative estimate of drug-likeness (QED) is 0.511. The van der Waals surface area contributed by atoms with Crippen LogP contribution in [0.1, 0.15) is 10.4 Å². The fourth-order valence-electron chi connectivity index (χ4n) is 1.51. The van der Waals surface area contributed by atoms with Crippen LogP contribution < -0.4 is 24.7 Å². The number of hydrogen-bond acceptors (Lipinski definition) is 6. The summed E-state index contributed by atoms with van der Waals surface area (Å²) in [4.78, 5) is 11.2. The largest absolute Gasteiger partial charge is 0.493 e. The van der Waals surface area contributed by atoms with Crippen LogP contribution in [0.25, 0.3) is 0 Å². The number of carboxylic acid groups (broad SMARTS) is 1. The van der Waals surface area contributed by atoms with Crippen LogP contribution in [-0.4, -0.2) is 46.8 Å². The van der Waals surface area contributed by atoms with Gasteiger partial charge in [0.2, 0.25) is 0 Å². The second-order valence-electron chi connectivity index (χ2n) is 3.85. The third kappa shape index (κ3) is 4.48. The van der Waals surface area contributed by atoms with E-state index in [9.17, 15) is 13.2 Å². The highest BCUT2D eigenvalue weighted by Crippen LogP contribution is 2.33. The lowest BCUT2D eigenvalue weighted by atomic mass is 10.1. The molecule has 1 aromatic carbocycles. The molecule has 0 saturated carbocycles. The van der Waals surface area contributed by atoms with E-state index in [2.05, 4.69) is 9.44 Å². The van der Waals surface area contributed by atoms with Gasteiger partial charge in [0.15, 0.2) is 11.5 Å². The van der Waals surface area contributed by atoms with E-state index >= 15 is 0 Å². The van der Waals surface area contributed by atoms with Crippen LogP contribution in [0.5, 0.6) is 11.5 Å². The molecule has 0 amide bonds.